The van der Waals surface area contributed by atoms with Gasteiger partial charge in [0.25, 0.3) is 5.91 Å². The van der Waals surface area contributed by atoms with E-state index in [9.17, 15) is 27.6 Å². The number of halogens is 3. The molecule has 1 aromatic rings. The zero-order valence-electron chi connectivity index (χ0n) is 16.3. The Labute approximate surface area is 165 Å². The van der Waals surface area contributed by atoms with Crippen LogP contribution in [-0.4, -0.2) is 41.5 Å². The minimum absolute atomic E-state index is 0.00387. The van der Waals surface area contributed by atoms with Gasteiger partial charge in [0.1, 0.15) is 6.61 Å². The Morgan fingerprint density at radius 1 is 1.31 bits per heavy atom. The van der Waals surface area contributed by atoms with E-state index in [2.05, 4.69) is 0 Å². The van der Waals surface area contributed by atoms with Crippen LogP contribution in [0.2, 0.25) is 0 Å². The van der Waals surface area contributed by atoms with E-state index in [4.69, 9.17) is 10.00 Å². The third-order valence-corrected chi connectivity index (χ3v) is 4.65. The minimum Gasteiger partial charge on any atom is -0.462 e. The number of rotatable bonds is 5. The number of urea groups is 1. The number of nitrogens with zero attached hydrogens (tertiary/aromatic N) is 3. The van der Waals surface area contributed by atoms with Gasteiger partial charge >= 0.3 is 18.2 Å². The Morgan fingerprint density at radius 2 is 1.93 bits per heavy atom. The molecular weight excluding hydrogens is 391 g/mol. The predicted molar refractivity (Wildman–Crippen MR) is 95.6 cm³/mol. The molecule has 1 aliphatic rings. The number of ether oxygens (including phenoxy) is 1. The van der Waals surface area contributed by atoms with Crippen LogP contribution in [0.5, 0.6) is 0 Å². The molecule has 29 heavy (non-hydrogen) atoms. The summed E-state index contributed by atoms with van der Waals surface area (Å²) >= 11 is 0. The lowest BCUT2D eigenvalue weighted by molar-refractivity contribution is -0.152. The van der Waals surface area contributed by atoms with Gasteiger partial charge in [0.15, 0.2) is 5.54 Å². The van der Waals surface area contributed by atoms with Gasteiger partial charge in [-0.25, -0.2) is 9.69 Å². The van der Waals surface area contributed by atoms with E-state index in [1.807, 2.05) is 0 Å². The number of esters is 1. The highest BCUT2D eigenvalue weighted by Gasteiger charge is 2.56. The molecule has 10 heteroatoms. The van der Waals surface area contributed by atoms with Gasteiger partial charge in [-0.05, 0) is 26.0 Å². The second-order valence-electron chi connectivity index (χ2n) is 7.01. The number of anilines is 1. The number of hydrogen-bond acceptors (Lipinski definition) is 5. The molecule has 1 saturated heterocycles. The van der Waals surface area contributed by atoms with Crippen LogP contribution in [0.4, 0.5) is 23.7 Å². The summed E-state index contributed by atoms with van der Waals surface area (Å²) in [5.74, 6) is -2.06. The maximum absolute atomic E-state index is 13.6. The first-order chi connectivity index (χ1) is 13.4. The van der Waals surface area contributed by atoms with Gasteiger partial charge in [0.2, 0.25) is 0 Å². The standard InChI is InChI=1S/C19H20F3N3O4/c1-5-24-17(28)25(16(27)18(24,4)10-29-15(26)11(2)3)13-8-6-7-12(9-23)14(13)19(20,21)22/h6-8,11H,5,10H2,1-4H3. The van der Waals surface area contributed by atoms with Gasteiger partial charge in [-0.1, -0.05) is 19.9 Å². The summed E-state index contributed by atoms with van der Waals surface area (Å²) < 4.78 is 46.0. The number of alkyl halides is 3. The van der Waals surface area contributed by atoms with Crippen molar-refractivity contribution in [1.29, 1.82) is 5.26 Å². The third kappa shape index (κ3) is 3.77. The van der Waals surface area contributed by atoms with Crippen molar-refractivity contribution in [2.45, 2.75) is 39.4 Å². The molecule has 2 rings (SSSR count). The van der Waals surface area contributed by atoms with Gasteiger partial charge in [0.05, 0.1) is 28.8 Å². The van der Waals surface area contributed by atoms with E-state index < -0.39 is 59.0 Å². The number of carbonyl (C=O) groups is 3. The Balaban J connectivity index is 2.57. The summed E-state index contributed by atoms with van der Waals surface area (Å²) in [6.07, 6.45) is -4.97. The average molecular weight is 411 g/mol. The molecule has 0 N–H and O–H groups in total. The number of benzene rings is 1. The van der Waals surface area contributed by atoms with E-state index in [1.54, 1.807) is 20.8 Å². The summed E-state index contributed by atoms with van der Waals surface area (Å²) in [6.45, 7) is 5.53. The second-order valence-corrected chi connectivity index (χ2v) is 7.01. The number of carbonyl (C=O) groups excluding carboxylic acids is 3. The Hall–Kier alpha value is -3.09. The SMILES string of the molecule is CCN1C(=O)N(c2cccc(C#N)c2C(F)(F)F)C(=O)C1(C)COC(=O)C(C)C. The fourth-order valence-electron chi connectivity index (χ4n) is 3.11. The van der Waals surface area contributed by atoms with Crippen LogP contribution in [0.1, 0.15) is 38.8 Å². The second kappa shape index (κ2) is 7.73. The van der Waals surface area contributed by atoms with Crippen molar-refractivity contribution in [3.8, 4) is 6.07 Å². The molecular formula is C19H20F3N3O4. The van der Waals surface area contributed by atoms with Crippen molar-refractivity contribution in [1.82, 2.24) is 4.90 Å². The van der Waals surface area contributed by atoms with Crippen LogP contribution in [0, 0.1) is 17.2 Å². The van der Waals surface area contributed by atoms with E-state index in [0.717, 1.165) is 23.1 Å². The first-order valence-corrected chi connectivity index (χ1v) is 8.83. The summed E-state index contributed by atoms with van der Waals surface area (Å²) in [6, 6.07) is 3.53. The van der Waals surface area contributed by atoms with Crippen molar-refractivity contribution in [2.24, 2.45) is 5.92 Å². The molecule has 0 radical (unpaired) electrons. The lowest BCUT2D eigenvalue weighted by Crippen LogP contribution is -2.51. The number of imide groups is 1. The van der Waals surface area contributed by atoms with Crippen LogP contribution in [0.25, 0.3) is 0 Å². The first kappa shape index (κ1) is 22.2. The summed E-state index contributed by atoms with van der Waals surface area (Å²) in [4.78, 5) is 39.2. The fraction of sp³-hybridized carbons (Fsp3) is 0.474. The molecule has 3 amide bonds. The zero-order chi connectivity index (χ0) is 22.1. The quantitative estimate of drug-likeness (QED) is 0.548. The topological polar surface area (TPSA) is 90.7 Å². The summed E-state index contributed by atoms with van der Waals surface area (Å²) in [5, 5.41) is 9.07. The fourth-order valence-corrected chi connectivity index (χ4v) is 3.11. The van der Waals surface area contributed by atoms with Crippen molar-refractivity contribution < 1.29 is 32.3 Å². The molecule has 1 heterocycles. The number of nitriles is 1. The Kier molecular flexibility index (Phi) is 5.92. The van der Waals surface area contributed by atoms with Crippen molar-refractivity contribution >= 4 is 23.6 Å². The normalized spacial score (nSPS) is 19.7. The minimum atomic E-state index is -4.97. The number of amides is 3. The van der Waals surface area contributed by atoms with Crippen LogP contribution in [0.15, 0.2) is 18.2 Å². The summed E-state index contributed by atoms with van der Waals surface area (Å²) in [5.41, 5.74) is -4.49. The molecule has 0 bridgehead atoms. The van der Waals surface area contributed by atoms with E-state index in [0.29, 0.717) is 4.90 Å². The molecule has 1 atom stereocenters. The van der Waals surface area contributed by atoms with E-state index in [1.165, 1.54) is 13.0 Å². The molecule has 156 valence electrons. The van der Waals surface area contributed by atoms with E-state index >= 15 is 0 Å². The molecule has 1 fully saturated rings. The molecule has 0 aromatic heterocycles. The number of hydrogen-bond donors (Lipinski definition) is 0. The van der Waals surface area contributed by atoms with Gasteiger partial charge < -0.3 is 9.64 Å². The molecule has 7 nitrogen and oxygen atoms in total. The molecule has 1 aliphatic heterocycles. The smallest absolute Gasteiger partial charge is 0.419 e. The van der Waals surface area contributed by atoms with Gasteiger partial charge in [-0.3, -0.25) is 9.59 Å². The molecule has 1 unspecified atom stereocenters. The zero-order valence-corrected chi connectivity index (χ0v) is 16.3. The average Bonchev–Trinajstić information content (AvgIpc) is 2.83. The van der Waals surface area contributed by atoms with Crippen LogP contribution in [0.3, 0.4) is 0 Å². The Morgan fingerprint density at radius 3 is 2.41 bits per heavy atom. The van der Waals surface area contributed by atoms with Crippen LogP contribution >= 0.6 is 0 Å². The largest absolute Gasteiger partial charge is 0.462 e. The van der Waals surface area contributed by atoms with Crippen LogP contribution in [-0.2, 0) is 20.5 Å². The van der Waals surface area contributed by atoms with Crippen molar-refractivity contribution in [3.63, 3.8) is 0 Å². The maximum atomic E-state index is 13.6. The van der Waals surface area contributed by atoms with Gasteiger partial charge in [-0.15, -0.1) is 0 Å². The highest BCUT2D eigenvalue weighted by atomic mass is 19.4. The Bertz CT molecular complexity index is 892. The number of likely N-dealkylation sites (N-methyl/N-ethyl adjacent to an activating group) is 1. The first-order valence-electron chi connectivity index (χ1n) is 8.83. The molecule has 0 spiro atoms. The third-order valence-electron chi connectivity index (χ3n) is 4.65. The molecule has 0 saturated carbocycles. The lowest BCUT2D eigenvalue weighted by Gasteiger charge is -2.30. The van der Waals surface area contributed by atoms with Crippen LogP contribution < -0.4 is 4.90 Å². The monoisotopic (exact) mass is 411 g/mol. The van der Waals surface area contributed by atoms with E-state index in [-0.39, 0.29) is 6.54 Å². The lowest BCUT2D eigenvalue weighted by atomic mass is 10.0. The highest BCUT2D eigenvalue weighted by Crippen LogP contribution is 2.42. The highest BCUT2D eigenvalue weighted by molar-refractivity contribution is 6.23. The van der Waals surface area contributed by atoms with Crippen molar-refractivity contribution in [2.75, 3.05) is 18.1 Å². The predicted octanol–water partition coefficient (Wildman–Crippen LogP) is 3.32. The van der Waals surface area contributed by atoms with Gasteiger partial charge in [0, 0.05) is 6.54 Å². The molecule has 0 aliphatic carbocycles. The van der Waals surface area contributed by atoms with Gasteiger partial charge in [-0.2, -0.15) is 18.4 Å². The molecule has 1 aromatic carbocycles. The van der Waals surface area contributed by atoms with Crippen molar-refractivity contribution in [3.05, 3.63) is 29.3 Å². The summed E-state index contributed by atoms with van der Waals surface area (Å²) in [7, 11) is 0. The maximum Gasteiger partial charge on any atom is 0.419 e.